The highest BCUT2D eigenvalue weighted by Gasteiger charge is 2.12. The van der Waals surface area contributed by atoms with Crippen LogP contribution >= 0.6 is 35.6 Å². The molecule has 0 aromatic heterocycles. The summed E-state index contributed by atoms with van der Waals surface area (Å²) in [5, 5.41) is 6.87. The molecule has 0 radical (unpaired) electrons. The molecule has 0 aliphatic heterocycles. The second-order valence-corrected chi connectivity index (χ2v) is 5.69. The van der Waals surface area contributed by atoms with Gasteiger partial charge in [0.15, 0.2) is 5.96 Å². The van der Waals surface area contributed by atoms with Crippen LogP contribution in [0.4, 0.5) is 8.78 Å². The zero-order valence-electron chi connectivity index (χ0n) is 14.8. The topological polar surface area (TPSA) is 54.9 Å². The highest BCUT2D eigenvalue weighted by atomic mass is 127. The molecule has 0 saturated carbocycles. The fourth-order valence-corrected chi connectivity index (χ4v) is 2.33. The van der Waals surface area contributed by atoms with Gasteiger partial charge >= 0.3 is 6.61 Å². The normalized spacial score (nSPS) is 11.0. The highest BCUT2D eigenvalue weighted by Crippen LogP contribution is 2.26. The van der Waals surface area contributed by atoms with E-state index < -0.39 is 6.61 Å². The molecular weight excluding hydrogens is 491 g/mol. The molecule has 0 bridgehead atoms. The zero-order chi connectivity index (χ0) is 18.9. The van der Waals surface area contributed by atoms with Gasteiger partial charge in [0.1, 0.15) is 11.5 Å². The number of nitrogens with zero attached hydrogens (tertiary/aromatic N) is 1. The van der Waals surface area contributed by atoms with Crippen molar-refractivity contribution >= 4 is 41.5 Å². The van der Waals surface area contributed by atoms with Gasteiger partial charge in [0, 0.05) is 36.8 Å². The zero-order valence-corrected chi connectivity index (χ0v) is 17.9. The van der Waals surface area contributed by atoms with E-state index in [4.69, 9.17) is 16.3 Å². The molecule has 0 unspecified atom stereocenters. The summed E-state index contributed by atoms with van der Waals surface area (Å²) < 4.78 is 34.8. The van der Waals surface area contributed by atoms with Crippen LogP contribution < -0.4 is 20.1 Å². The van der Waals surface area contributed by atoms with Crippen molar-refractivity contribution in [3.63, 3.8) is 0 Å². The van der Waals surface area contributed by atoms with Crippen LogP contribution in [0.15, 0.2) is 47.5 Å². The molecule has 0 heterocycles. The van der Waals surface area contributed by atoms with E-state index in [1.807, 2.05) is 12.1 Å². The summed E-state index contributed by atoms with van der Waals surface area (Å²) in [4.78, 5) is 4.11. The molecule has 148 valence electrons. The van der Waals surface area contributed by atoms with Crippen molar-refractivity contribution in [2.24, 2.45) is 4.99 Å². The molecule has 0 fully saturated rings. The number of aliphatic imine (C=N–C) groups is 1. The minimum atomic E-state index is -2.91. The van der Waals surface area contributed by atoms with Gasteiger partial charge in [0.05, 0.1) is 7.11 Å². The van der Waals surface area contributed by atoms with Crippen LogP contribution in [-0.4, -0.2) is 26.7 Å². The van der Waals surface area contributed by atoms with Gasteiger partial charge in [0.2, 0.25) is 0 Å². The number of hydrogen-bond acceptors (Lipinski definition) is 3. The SMILES string of the molecule is CN=C(NCc1ccc(Cl)cc1)NCc1ccc(OC)cc1OC(F)F.I. The summed E-state index contributed by atoms with van der Waals surface area (Å²) in [6.45, 7) is -2.12. The lowest BCUT2D eigenvalue weighted by molar-refractivity contribution is -0.0505. The van der Waals surface area contributed by atoms with E-state index >= 15 is 0 Å². The van der Waals surface area contributed by atoms with E-state index in [2.05, 4.69) is 20.4 Å². The Labute approximate surface area is 179 Å². The minimum Gasteiger partial charge on any atom is -0.497 e. The highest BCUT2D eigenvalue weighted by molar-refractivity contribution is 14.0. The molecular formula is C18H21ClF2IN3O2. The van der Waals surface area contributed by atoms with Gasteiger partial charge in [-0.1, -0.05) is 23.7 Å². The fourth-order valence-electron chi connectivity index (χ4n) is 2.20. The van der Waals surface area contributed by atoms with Gasteiger partial charge in [-0.2, -0.15) is 8.78 Å². The van der Waals surface area contributed by atoms with Crippen LogP contribution in [-0.2, 0) is 13.1 Å². The average Bonchev–Trinajstić information content (AvgIpc) is 2.63. The summed E-state index contributed by atoms with van der Waals surface area (Å²) in [6, 6.07) is 12.2. The van der Waals surface area contributed by atoms with Gasteiger partial charge < -0.3 is 20.1 Å². The summed E-state index contributed by atoms with van der Waals surface area (Å²) in [6.07, 6.45) is 0. The summed E-state index contributed by atoms with van der Waals surface area (Å²) in [5.74, 6) is 1.02. The molecule has 0 spiro atoms. The Balaban J connectivity index is 0.00000364. The van der Waals surface area contributed by atoms with E-state index in [1.165, 1.54) is 13.2 Å². The van der Waals surface area contributed by atoms with Crippen LogP contribution in [0.2, 0.25) is 5.02 Å². The number of alkyl halides is 2. The molecule has 0 aliphatic rings. The monoisotopic (exact) mass is 511 g/mol. The number of hydrogen-bond donors (Lipinski definition) is 2. The lowest BCUT2D eigenvalue weighted by Crippen LogP contribution is -2.36. The predicted molar refractivity (Wildman–Crippen MR) is 114 cm³/mol. The molecule has 2 N–H and O–H groups in total. The van der Waals surface area contributed by atoms with Gasteiger partial charge in [-0.25, -0.2) is 0 Å². The number of halogens is 4. The number of ether oxygens (including phenoxy) is 2. The molecule has 5 nitrogen and oxygen atoms in total. The molecule has 2 aromatic carbocycles. The second kappa shape index (κ2) is 11.8. The van der Waals surface area contributed by atoms with Crippen LogP contribution in [0.1, 0.15) is 11.1 Å². The van der Waals surface area contributed by atoms with Crippen molar-refractivity contribution in [3.05, 3.63) is 58.6 Å². The summed E-state index contributed by atoms with van der Waals surface area (Å²) >= 11 is 5.86. The summed E-state index contributed by atoms with van der Waals surface area (Å²) in [7, 11) is 3.09. The van der Waals surface area contributed by atoms with E-state index in [0.717, 1.165) is 5.56 Å². The van der Waals surface area contributed by atoms with Gasteiger partial charge in [-0.15, -0.1) is 24.0 Å². The molecule has 0 saturated heterocycles. The third kappa shape index (κ3) is 7.76. The molecule has 2 rings (SSSR count). The first kappa shape index (κ1) is 23.2. The first-order valence-electron chi connectivity index (χ1n) is 7.82. The Bertz CT molecular complexity index is 746. The van der Waals surface area contributed by atoms with Gasteiger partial charge in [-0.05, 0) is 29.8 Å². The van der Waals surface area contributed by atoms with Crippen LogP contribution in [0.3, 0.4) is 0 Å². The lowest BCUT2D eigenvalue weighted by atomic mass is 10.2. The van der Waals surface area contributed by atoms with E-state index in [9.17, 15) is 8.78 Å². The van der Waals surface area contributed by atoms with Crippen molar-refractivity contribution in [1.29, 1.82) is 0 Å². The van der Waals surface area contributed by atoms with Crippen LogP contribution in [0.25, 0.3) is 0 Å². The number of methoxy groups -OCH3 is 1. The largest absolute Gasteiger partial charge is 0.497 e. The maximum Gasteiger partial charge on any atom is 0.387 e. The molecule has 9 heteroatoms. The number of benzene rings is 2. The Morgan fingerprint density at radius 3 is 2.37 bits per heavy atom. The quantitative estimate of drug-likeness (QED) is 0.328. The van der Waals surface area contributed by atoms with Crippen molar-refractivity contribution in [2.45, 2.75) is 19.7 Å². The molecule has 27 heavy (non-hydrogen) atoms. The van der Waals surface area contributed by atoms with Crippen molar-refractivity contribution < 1.29 is 18.3 Å². The first-order chi connectivity index (χ1) is 12.5. The lowest BCUT2D eigenvalue weighted by Gasteiger charge is -2.15. The number of rotatable bonds is 7. The predicted octanol–water partition coefficient (Wildman–Crippen LogP) is 4.43. The Hall–Kier alpha value is -1.81. The standard InChI is InChI=1S/C18H20ClF2N3O2.HI/c1-22-18(23-10-12-3-6-14(19)7-4-12)24-11-13-5-8-15(25-2)9-16(13)26-17(20)21;/h3-9,17H,10-11H2,1-2H3,(H2,22,23,24);1H. The maximum atomic E-state index is 12.6. The number of guanidine groups is 1. The molecule has 0 aliphatic carbocycles. The second-order valence-electron chi connectivity index (χ2n) is 5.26. The van der Waals surface area contributed by atoms with E-state index in [-0.39, 0.29) is 36.3 Å². The maximum absolute atomic E-state index is 12.6. The third-order valence-electron chi connectivity index (χ3n) is 3.53. The summed E-state index contributed by atoms with van der Waals surface area (Å²) in [5.41, 5.74) is 1.59. The van der Waals surface area contributed by atoms with Crippen molar-refractivity contribution in [3.8, 4) is 11.5 Å². The average molecular weight is 512 g/mol. The van der Waals surface area contributed by atoms with E-state index in [0.29, 0.717) is 28.8 Å². The Morgan fingerprint density at radius 1 is 1.11 bits per heavy atom. The molecule has 0 atom stereocenters. The van der Waals surface area contributed by atoms with Crippen molar-refractivity contribution in [1.82, 2.24) is 10.6 Å². The first-order valence-corrected chi connectivity index (χ1v) is 8.20. The molecule has 2 aromatic rings. The van der Waals surface area contributed by atoms with Crippen LogP contribution in [0, 0.1) is 0 Å². The smallest absolute Gasteiger partial charge is 0.387 e. The number of nitrogens with one attached hydrogen (secondary N) is 2. The Morgan fingerprint density at radius 2 is 1.78 bits per heavy atom. The minimum absolute atomic E-state index is 0. The van der Waals surface area contributed by atoms with Crippen molar-refractivity contribution in [2.75, 3.05) is 14.2 Å². The van der Waals surface area contributed by atoms with Gasteiger partial charge in [-0.3, -0.25) is 4.99 Å². The molecule has 0 amide bonds. The third-order valence-corrected chi connectivity index (χ3v) is 3.79. The Kier molecular flexibility index (Phi) is 10.2. The van der Waals surface area contributed by atoms with E-state index in [1.54, 1.807) is 31.3 Å². The van der Waals surface area contributed by atoms with Crippen LogP contribution in [0.5, 0.6) is 11.5 Å². The van der Waals surface area contributed by atoms with Gasteiger partial charge in [0.25, 0.3) is 0 Å². The fraction of sp³-hybridized carbons (Fsp3) is 0.278.